The highest BCUT2D eigenvalue weighted by molar-refractivity contribution is 9.10. The van der Waals surface area contributed by atoms with Crippen LogP contribution < -0.4 is 9.47 Å². The smallest absolute Gasteiger partial charge is 0.227 e. The fourth-order valence-electron chi connectivity index (χ4n) is 1.99. The quantitative estimate of drug-likeness (QED) is 0.672. The van der Waals surface area contributed by atoms with Crippen molar-refractivity contribution in [3.05, 3.63) is 59.0 Å². The predicted octanol–water partition coefficient (Wildman–Crippen LogP) is 4.94. The minimum absolute atomic E-state index is 0.332. The molecule has 0 fully saturated rings. The maximum Gasteiger partial charge on any atom is 0.227 e. The molecular formula is C16H11BrFNO2. The van der Waals surface area contributed by atoms with Crippen molar-refractivity contribution in [2.24, 2.45) is 0 Å². The van der Waals surface area contributed by atoms with Crippen LogP contribution in [0.5, 0.6) is 17.4 Å². The number of ether oxygens (including phenoxy) is 2. The lowest BCUT2D eigenvalue weighted by Crippen LogP contribution is -1.91. The van der Waals surface area contributed by atoms with E-state index in [1.54, 1.807) is 19.4 Å². The van der Waals surface area contributed by atoms with Crippen LogP contribution in [0.4, 0.5) is 4.39 Å². The molecule has 3 nitrogen and oxygen atoms in total. The molecule has 106 valence electrons. The highest BCUT2D eigenvalue weighted by Gasteiger charge is 2.09. The zero-order valence-electron chi connectivity index (χ0n) is 11.1. The van der Waals surface area contributed by atoms with Gasteiger partial charge in [-0.05, 0) is 57.7 Å². The summed E-state index contributed by atoms with van der Waals surface area (Å²) in [5, 5.41) is 1.81. The van der Waals surface area contributed by atoms with E-state index in [9.17, 15) is 4.39 Å². The molecule has 0 aliphatic carbocycles. The van der Waals surface area contributed by atoms with Gasteiger partial charge in [0.25, 0.3) is 0 Å². The summed E-state index contributed by atoms with van der Waals surface area (Å²) in [5.74, 6) is 1.33. The Balaban J connectivity index is 2.07. The molecule has 0 radical (unpaired) electrons. The lowest BCUT2D eigenvalue weighted by molar-refractivity contribution is 0.415. The second-order valence-electron chi connectivity index (χ2n) is 4.38. The number of nitrogens with zero attached hydrogens (tertiary/aromatic N) is 1. The van der Waals surface area contributed by atoms with Crippen LogP contribution in [0.1, 0.15) is 0 Å². The van der Waals surface area contributed by atoms with Crippen molar-refractivity contribution >= 4 is 26.7 Å². The number of methoxy groups -OCH3 is 1. The molecule has 0 bridgehead atoms. The molecule has 1 aromatic heterocycles. The summed E-state index contributed by atoms with van der Waals surface area (Å²) >= 11 is 3.28. The number of hydrogen-bond donors (Lipinski definition) is 0. The van der Waals surface area contributed by atoms with Crippen molar-refractivity contribution in [2.45, 2.75) is 0 Å². The second kappa shape index (κ2) is 5.69. The van der Waals surface area contributed by atoms with E-state index in [0.29, 0.717) is 16.1 Å². The van der Waals surface area contributed by atoms with Crippen LogP contribution in [0.25, 0.3) is 10.8 Å². The lowest BCUT2D eigenvalue weighted by atomic mass is 10.1. The van der Waals surface area contributed by atoms with E-state index in [1.165, 1.54) is 12.1 Å². The van der Waals surface area contributed by atoms with Gasteiger partial charge in [0.2, 0.25) is 5.88 Å². The number of rotatable bonds is 3. The van der Waals surface area contributed by atoms with Crippen molar-refractivity contribution in [3.63, 3.8) is 0 Å². The second-order valence-corrected chi connectivity index (χ2v) is 5.23. The van der Waals surface area contributed by atoms with E-state index >= 15 is 0 Å². The van der Waals surface area contributed by atoms with Crippen molar-refractivity contribution in [1.29, 1.82) is 0 Å². The van der Waals surface area contributed by atoms with Gasteiger partial charge in [-0.2, -0.15) is 0 Å². The average Bonchev–Trinajstić information content (AvgIpc) is 2.50. The third-order valence-electron chi connectivity index (χ3n) is 3.04. The summed E-state index contributed by atoms with van der Waals surface area (Å²) in [5.41, 5.74) is 0. The molecular weight excluding hydrogens is 337 g/mol. The molecule has 3 rings (SSSR count). The molecule has 0 saturated carbocycles. The van der Waals surface area contributed by atoms with Crippen LogP contribution in [-0.4, -0.2) is 12.1 Å². The molecule has 0 unspecified atom stereocenters. The van der Waals surface area contributed by atoms with Crippen molar-refractivity contribution in [2.75, 3.05) is 7.11 Å². The van der Waals surface area contributed by atoms with Gasteiger partial charge in [0.1, 0.15) is 17.3 Å². The average molecular weight is 348 g/mol. The molecule has 5 heteroatoms. The minimum atomic E-state index is -0.332. The number of halogens is 2. The zero-order chi connectivity index (χ0) is 14.8. The van der Waals surface area contributed by atoms with Crippen LogP contribution in [0, 0.1) is 5.82 Å². The number of hydrogen-bond acceptors (Lipinski definition) is 3. The summed E-state index contributed by atoms with van der Waals surface area (Å²) < 4.78 is 24.7. The van der Waals surface area contributed by atoms with Gasteiger partial charge in [0.05, 0.1) is 11.6 Å². The Morgan fingerprint density at radius 2 is 1.95 bits per heavy atom. The largest absolute Gasteiger partial charge is 0.497 e. The molecule has 0 atom stereocenters. The van der Waals surface area contributed by atoms with Gasteiger partial charge in [-0.15, -0.1) is 0 Å². The van der Waals surface area contributed by atoms with E-state index in [0.717, 1.165) is 16.5 Å². The molecule has 0 saturated heterocycles. The summed E-state index contributed by atoms with van der Waals surface area (Å²) in [7, 11) is 1.61. The molecule has 0 spiro atoms. The maximum atomic E-state index is 13.1. The fourth-order valence-corrected chi connectivity index (χ4v) is 2.42. The molecule has 1 heterocycles. The van der Waals surface area contributed by atoms with Crippen LogP contribution in [0.15, 0.2) is 53.1 Å². The van der Waals surface area contributed by atoms with E-state index < -0.39 is 0 Å². The standard InChI is InChI=1S/C16H11BrFNO2/c1-20-12-4-2-10-6-7-19-16(13(10)9-12)21-15-5-3-11(18)8-14(15)17/h2-9H,1H3. The number of pyridine rings is 1. The first-order valence-corrected chi connectivity index (χ1v) is 7.02. The SMILES string of the molecule is COc1ccc2ccnc(Oc3ccc(F)cc3Br)c2c1. The first kappa shape index (κ1) is 13.8. The third kappa shape index (κ3) is 2.83. The maximum absolute atomic E-state index is 13.1. The third-order valence-corrected chi connectivity index (χ3v) is 3.66. The Bertz CT molecular complexity index is 807. The van der Waals surface area contributed by atoms with Crippen LogP contribution in [0.2, 0.25) is 0 Å². The highest BCUT2D eigenvalue weighted by Crippen LogP contribution is 2.34. The lowest BCUT2D eigenvalue weighted by Gasteiger charge is -2.10. The predicted molar refractivity (Wildman–Crippen MR) is 82.5 cm³/mol. The Kier molecular flexibility index (Phi) is 3.75. The topological polar surface area (TPSA) is 31.4 Å². The molecule has 0 aliphatic rings. The molecule has 0 amide bonds. The first-order chi connectivity index (χ1) is 10.2. The normalized spacial score (nSPS) is 10.6. The van der Waals surface area contributed by atoms with Crippen molar-refractivity contribution in [1.82, 2.24) is 4.98 Å². The summed E-state index contributed by atoms with van der Waals surface area (Å²) in [6, 6.07) is 11.8. The van der Waals surface area contributed by atoms with E-state index in [-0.39, 0.29) is 5.82 Å². The Hall–Kier alpha value is -2.14. The summed E-state index contributed by atoms with van der Waals surface area (Å²) in [4.78, 5) is 4.25. The number of fused-ring (bicyclic) bond motifs is 1. The van der Waals surface area contributed by atoms with Crippen LogP contribution >= 0.6 is 15.9 Å². The Morgan fingerprint density at radius 1 is 1.10 bits per heavy atom. The van der Waals surface area contributed by atoms with E-state index in [1.807, 2.05) is 24.3 Å². The van der Waals surface area contributed by atoms with Crippen molar-refractivity contribution in [3.8, 4) is 17.4 Å². The molecule has 3 aromatic rings. The van der Waals surface area contributed by atoms with Gasteiger partial charge in [-0.1, -0.05) is 6.07 Å². The number of aromatic nitrogens is 1. The Morgan fingerprint density at radius 3 is 2.71 bits per heavy atom. The van der Waals surface area contributed by atoms with E-state index in [2.05, 4.69) is 20.9 Å². The summed E-state index contributed by atoms with van der Waals surface area (Å²) in [6.45, 7) is 0. The summed E-state index contributed by atoms with van der Waals surface area (Å²) in [6.07, 6.45) is 1.67. The molecule has 2 aromatic carbocycles. The van der Waals surface area contributed by atoms with Crippen molar-refractivity contribution < 1.29 is 13.9 Å². The number of benzene rings is 2. The highest BCUT2D eigenvalue weighted by atomic mass is 79.9. The molecule has 21 heavy (non-hydrogen) atoms. The van der Waals surface area contributed by atoms with Gasteiger partial charge in [-0.25, -0.2) is 9.37 Å². The van der Waals surface area contributed by atoms with Gasteiger partial charge >= 0.3 is 0 Å². The van der Waals surface area contributed by atoms with Gasteiger partial charge in [-0.3, -0.25) is 0 Å². The molecule has 0 N–H and O–H groups in total. The first-order valence-electron chi connectivity index (χ1n) is 6.23. The van der Waals surface area contributed by atoms with Gasteiger partial charge < -0.3 is 9.47 Å². The fraction of sp³-hybridized carbons (Fsp3) is 0.0625. The monoisotopic (exact) mass is 347 g/mol. The van der Waals surface area contributed by atoms with Gasteiger partial charge in [0.15, 0.2) is 0 Å². The van der Waals surface area contributed by atoms with Crippen LogP contribution in [-0.2, 0) is 0 Å². The molecule has 0 aliphatic heterocycles. The Labute approximate surface area is 129 Å². The van der Waals surface area contributed by atoms with Crippen LogP contribution in [0.3, 0.4) is 0 Å². The van der Waals surface area contributed by atoms with Gasteiger partial charge in [0, 0.05) is 11.6 Å². The minimum Gasteiger partial charge on any atom is -0.497 e. The van der Waals surface area contributed by atoms with E-state index in [4.69, 9.17) is 9.47 Å². The zero-order valence-corrected chi connectivity index (χ0v) is 12.7.